The molecule has 0 amide bonds. The number of anilines is 1. The number of aromatic nitrogens is 1. The summed E-state index contributed by atoms with van der Waals surface area (Å²) in [5.74, 6) is 0. The summed E-state index contributed by atoms with van der Waals surface area (Å²) in [4.78, 5) is 14.6. The van der Waals surface area contributed by atoms with Crippen LogP contribution in [0.15, 0.2) is 41.0 Å². The summed E-state index contributed by atoms with van der Waals surface area (Å²) in [6, 6.07) is 10.6. The Morgan fingerprint density at radius 1 is 1.37 bits per heavy atom. The van der Waals surface area contributed by atoms with E-state index in [9.17, 15) is 10.1 Å². The van der Waals surface area contributed by atoms with Gasteiger partial charge in [-0.05, 0) is 47.1 Å². The molecule has 0 aliphatic carbocycles. The highest BCUT2D eigenvalue weighted by atomic mass is 79.9. The van der Waals surface area contributed by atoms with Crippen LogP contribution in [0.1, 0.15) is 11.3 Å². The van der Waals surface area contributed by atoms with Crippen molar-refractivity contribution < 1.29 is 4.92 Å². The van der Waals surface area contributed by atoms with E-state index in [1.807, 2.05) is 18.2 Å². The molecule has 0 radical (unpaired) electrons. The van der Waals surface area contributed by atoms with E-state index < -0.39 is 0 Å². The molecule has 0 unspecified atom stereocenters. The van der Waals surface area contributed by atoms with Crippen LogP contribution in [0.2, 0.25) is 0 Å². The van der Waals surface area contributed by atoms with Crippen molar-refractivity contribution in [3.63, 3.8) is 0 Å². The summed E-state index contributed by atoms with van der Waals surface area (Å²) >= 11 is 3.31. The van der Waals surface area contributed by atoms with Crippen molar-refractivity contribution in [2.45, 2.75) is 13.5 Å². The van der Waals surface area contributed by atoms with E-state index in [1.165, 1.54) is 6.07 Å². The van der Waals surface area contributed by atoms with E-state index >= 15 is 0 Å². The number of nitrogens with one attached hydrogen (secondary N) is 1. The zero-order valence-corrected chi connectivity index (χ0v) is 11.8. The molecule has 6 heteroatoms. The minimum absolute atomic E-state index is 0.131. The molecule has 0 fully saturated rings. The Labute approximate surface area is 119 Å². The number of nitrogens with zero attached hydrogens (tertiary/aromatic N) is 2. The van der Waals surface area contributed by atoms with E-state index in [1.54, 1.807) is 19.1 Å². The van der Waals surface area contributed by atoms with Gasteiger partial charge in [-0.2, -0.15) is 0 Å². The van der Waals surface area contributed by atoms with Crippen molar-refractivity contribution in [2.75, 3.05) is 5.32 Å². The third kappa shape index (κ3) is 3.51. The second-order valence-electron chi connectivity index (χ2n) is 4.06. The van der Waals surface area contributed by atoms with Crippen molar-refractivity contribution >= 4 is 27.3 Å². The van der Waals surface area contributed by atoms with Crippen molar-refractivity contribution in [3.8, 4) is 0 Å². The summed E-state index contributed by atoms with van der Waals surface area (Å²) in [6.07, 6.45) is 0. The lowest BCUT2D eigenvalue weighted by atomic mass is 10.2. The molecule has 19 heavy (non-hydrogen) atoms. The molecule has 2 rings (SSSR count). The molecule has 0 saturated heterocycles. The summed E-state index contributed by atoms with van der Waals surface area (Å²) in [7, 11) is 0. The van der Waals surface area contributed by atoms with E-state index in [2.05, 4.69) is 26.2 Å². The SMILES string of the molecule is Cc1cc(NCc2cccc(Br)n2)ccc1[N+](=O)[O-]. The van der Waals surface area contributed by atoms with E-state index in [-0.39, 0.29) is 10.6 Å². The van der Waals surface area contributed by atoms with Crippen molar-refractivity contribution in [1.29, 1.82) is 0 Å². The highest BCUT2D eigenvalue weighted by Crippen LogP contribution is 2.21. The smallest absolute Gasteiger partial charge is 0.272 e. The van der Waals surface area contributed by atoms with Gasteiger partial charge in [-0.3, -0.25) is 10.1 Å². The molecule has 2 aromatic rings. The second kappa shape index (κ2) is 5.79. The van der Waals surface area contributed by atoms with Gasteiger partial charge in [0.2, 0.25) is 0 Å². The maximum Gasteiger partial charge on any atom is 0.272 e. The third-order valence-corrected chi connectivity index (χ3v) is 3.08. The Morgan fingerprint density at radius 3 is 2.79 bits per heavy atom. The predicted octanol–water partition coefficient (Wildman–Crippen LogP) is 3.67. The summed E-state index contributed by atoms with van der Waals surface area (Å²) < 4.78 is 0.784. The first-order valence-electron chi connectivity index (χ1n) is 5.66. The molecule has 5 nitrogen and oxygen atoms in total. The number of halogens is 1. The molecule has 1 aromatic heterocycles. The Kier molecular flexibility index (Phi) is 4.11. The first-order valence-corrected chi connectivity index (χ1v) is 6.46. The van der Waals surface area contributed by atoms with Crippen LogP contribution < -0.4 is 5.32 Å². The lowest BCUT2D eigenvalue weighted by molar-refractivity contribution is -0.385. The number of hydrogen-bond acceptors (Lipinski definition) is 4. The molecule has 0 spiro atoms. The van der Waals surface area contributed by atoms with Gasteiger partial charge in [0.15, 0.2) is 0 Å². The molecular formula is C13H12BrN3O2. The highest BCUT2D eigenvalue weighted by molar-refractivity contribution is 9.10. The lowest BCUT2D eigenvalue weighted by Gasteiger charge is -2.07. The maximum absolute atomic E-state index is 10.7. The topological polar surface area (TPSA) is 68.1 Å². The van der Waals surface area contributed by atoms with Gasteiger partial charge in [-0.1, -0.05) is 6.07 Å². The predicted molar refractivity (Wildman–Crippen MR) is 77.1 cm³/mol. The Morgan fingerprint density at radius 2 is 2.16 bits per heavy atom. The van der Waals surface area contributed by atoms with Crippen molar-refractivity contribution in [1.82, 2.24) is 4.98 Å². The van der Waals surface area contributed by atoms with Gasteiger partial charge in [0, 0.05) is 17.3 Å². The molecule has 0 bridgehead atoms. The third-order valence-electron chi connectivity index (χ3n) is 2.64. The number of rotatable bonds is 4. The first-order chi connectivity index (χ1) is 9.06. The van der Waals surface area contributed by atoms with Crippen LogP contribution in [0.25, 0.3) is 0 Å². The fraction of sp³-hybridized carbons (Fsp3) is 0.154. The number of benzene rings is 1. The number of nitro benzene ring substituents is 1. The van der Waals surface area contributed by atoms with Crippen LogP contribution in [0.5, 0.6) is 0 Å². The van der Waals surface area contributed by atoms with Gasteiger partial charge >= 0.3 is 0 Å². The second-order valence-corrected chi connectivity index (χ2v) is 4.88. The number of nitro groups is 1. The summed E-state index contributed by atoms with van der Waals surface area (Å²) in [5.41, 5.74) is 2.50. The van der Waals surface area contributed by atoms with Crippen molar-refractivity contribution in [2.24, 2.45) is 0 Å². The molecule has 0 aliphatic heterocycles. The normalized spacial score (nSPS) is 10.2. The lowest BCUT2D eigenvalue weighted by Crippen LogP contribution is -2.02. The highest BCUT2D eigenvalue weighted by Gasteiger charge is 2.09. The Balaban J connectivity index is 2.08. The summed E-state index contributed by atoms with van der Waals surface area (Å²) in [5, 5.41) is 13.9. The van der Waals surface area contributed by atoms with E-state index in [0.717, 1.165) is 16.0 Å². The fourth-order valence-electron chi connectivity index (χ4n) is 1.71. The van der Waals surface area contributed by atoms with Gasteiger partial charge in [0.1, 0.15) is 4.60 Å². The molecule has 0 atom stereocenters. The average Bonchev–Trinajstić information content (AvgIpc) is 2.36. The molecular weight excluding hydrogens is 310 g/mol. The van der Waals surface area contributed by atoms with Crippen LogP contribution in [0.4, 0.5) is 11.4 Å². The average molecular weight is 322 g/mol. The zero-order chi connectivity index (χ0) is 13.8. The van der Waals surface area contributed by atoms with Crippen LogP contribution in [-0.2, 0) is 6.54 Å². The number of aryl methyl sites for hydroxylation is 1. The molecule has 0 aliphatic rings. The summed E-state index contributed by atoms with van der Waals surface area (Å²) in [6.45, 7) is 2.29. The Bertz CT molecular complexity index is 617. The minimum atomic E-state index is -0.380. The maximum atomic E-state index is 10.7. The molecule has 98 valence electrons. The van der Waals surface area contributed by atoms with E-state index in [4.69, 9.17) is 0 Å². The van der Waals surface area contributed by atoms with Crippen molar-refractivity contribution in [3.05, 3.63) is 62.4 Å². The minimum Gasteiger partial charge on any atom is -0.379 e. The van der Waals surface area contributed by atoms with Crippen LogP contribution in [0, 0.1) is 17.0 Å². The number of pyridine rings is 1. The van der Waals surface area contributed by atoms with Gasteiger partial charge in [0.05, 0.1) is 17.2 Å². The van der Waals surface area contributed by atoms with E-state index in [0.29, 0.717) is 12.1 Å². The monoisotopic (exact) mass is 321 g/mol. The van der Waals surface area contributed by atoms with Gasteiger partial charge in [0.25, 0.3) is 5.69 Å². The Hall–Kier alpha value is -1.95. The van der Waals surface area contributed by atoms with Gasteiger partial charge in [-0.25, -0.2) is 4.98 Å². The first kappa shape index (κ1) is 13.5. The molecule has 0 saturated carbocycles. The quantitative estimate of drug-likeness (QED) is 0.530. The van der Waals surface area contributed by atoms with Gasteiger partial charge < -0.3 is 5.32 Å². The standard InChI is InChI=1S/C13H12BrN3O2/c1-9-7-10(5-6-12(9)17(18)19)15-8-11-3-2-4-13(14)16-11/h2-7,15H,8H2,1H3. The van der Waals surface area contributed by atoms with Gasteiger partial charge in [-0.15, -0.1) is 0 Å². The fourth-order valence-corrected chi connectivity index (χ4v) is 2.09. The molecule has 1 heterocycles. The van der Waals surface area contributed by atoms with Crippen LogP contribution in [0.3, 0.4) is 0 Å². The van der Waals surface area contributed by atoms with Crippen LogP contribution in [-0.4, -0.2) is 9.91 Å². The zero-order valence-electron chi connectivity index (χ0n) is 10.3. The number of hydrogen-bond donors (Lipinski definition) is 1. The van der Waals surface area contributed by atoms with Crippen LogP contribution >= 0.6 is 15.9 Å². The molecule has 1 N–H and O–H groups in total. The molecule has 1 aromatic carbocycles. The largest absolute Gasteiger partial charge is 0.379 e.